The Morgan fingerprint density at radius 2 is 0.619 bits per heavy atom. The summed E-state index contributed by atoms with van der Waals surface area (Å²) >= 11 is 0. The zero-order valence-electron chi connectivity index (χ0n) is 41.6. The van der Waals surface area contributed by atoms with Crippen LogP contribution >= 0.6 is 0 Å². The van der Waals surface area contributed by atoms with Crippen molar-refractivity contribution >= 4 is 17.9 Å². The molecular weight excluding hydrogens is 781 g/mol. The molecule has 0 aromatic rings. The Kier molecular flexibility index (Phi) is 49.4. The van der Waals surface area contributed by atoms with Crippen molar-refractivity contribution in [2.24, 2.45) is 0 Å². The van der Waals surface area contributed by atoms with Crippen LogP contribution in [0.4, 0.5) is 0 Å². The van der Waals surface area contributed by atoms with Crippen LogP contribution in [0.2, 0.25) is 0 Å². The number of carbonyl (C=O) groups is 3. The molecule has 0 amide bonds. The molecule has 0 bridgehead atoms. The van der Waals surface area contributed by atoms with Crippen molar-refractivity contribution in [3.63, 3.8) is 0 Å². The van der Waals surface area contributed by atoms with Crippen molar-refractivity contribution in [3.8, 4) is 0 Å². The fourth-order valence-corrected chi connectivity index (χ4v) is 7.45. The Hall–Kier alpha value is -2.89. The molecule has 1 unspecified atom stereocenters. The molecule has 0 saturated heterocycles. The van der Waals surface area contributed by atoms with E-state index in [0.717, 1.165) is 51.4 Å². The number of allylic oxidation sites excluding steroid dienone is 10. The molecule has 0 spiro atoms. The van der Waals surface area contributed by atoms with Gasteiger partial charge in [0.2, 0.25) is 0 Å². The molecule has 6 nitrogen and oxygen atoms in total. The number of rotatable bonds is 48. The Bertz CT molecular complexity index is 1150. The maximum Gasteiger partial charge on any atom is 0.306 e. The van der Waals surface area contributed by atoms with E-state index in [-0.39, 0.29) is 44.0 Å². The van der Waals surface area contributed by atoms with Crippen LogP contribution in [0.15, 0.2) is 60.8 Å². The SMILES string of the molecule is CCCCCCCC/C=C\C/C=C\C/C=C\CCCC(=O)OCC(COC(=O)CC/C=C\C/C=C\CCCCCCCC)OC(=O)CCCCCCCCCCCCCCCCC. The summed E-state index contributed by atoms with van der Waals surface area (Å²) in [6.07, 6.45) is 63.7. The van der Waals surface area contributed by atoms with Gasteiger partial charge in [-0.15, -0.1) is 0 Å². The van der Waals surface area contributed by atoms with E-state index in [2.05, 4.69) is 75.5 Å². The third-order valence-electron chi connectivity index (χ3n) is 11.5. The van der Waals surface area contributed by atoms with E-state index in [4.69, 9.17) is 14.2 Å². The van der Waals surface area contributed by atoms with Crippen molar-refractivity contribution in [2.45, 2.75) is 271 Å². The van der Waals surface area contributed by atoms with Crippen LogP contribution in [0, 0.1) is 0 Å². The van der Waals surface area contributed by atoms with Gasteiger partial charge in [0, 0.05) is 19.3 Å². The molecule has 0 radical (unpaired) electrons. The molecule has 364 valence electrons. The van der Waals surface area contributed by atoms with Gasteiger partial charge < -0.3 is 14.2 Å². The Labute approximate surface area is 390 Å². The molecule has 0 rings (SSSR count). The highest BCUT2D eigenvalue weighted by Crippen LogP contribution is 2.15. The zero-order chi connectivity index (χ0) is 45.8. The Balaban J connectivity index is 4.49. The Morgan fingerprint density at radius 3 is 1.03 bits per heavy atom. The lowest BCUT2D eigenvalue weighted by Gasteiger charge is -2.18. The number of unbranched alkanes of at least 4 members (excludes halogenated alkanes) is 27. The van der Waals surface area contributed by atoms with Crippen molar-refractivity contribution in [3.05, 3.63) is 60.8 Å². The molecule has 0 aromatic heterocycles. The largest absolute Gasteiger partial charge is 0.462 e. The van der Waals surface area contributed by atoms with Crippen LogP contribution in [0.1, 0.15) is 265 Å². The summed E-state index contributed by atoms with van der Waals surface area (Å²) in [5.41, 5.74) is 0. The van der Waals surface area contributed by atoms with Crippen LogP contribution in [-0.2, 0) is 28.6 Å². The van der Waals surface area contributed by atoms with Crippen molar-refractivity contribution in [1.29, 1.82) is 0 Å². The quantitative estimate of drug-likeness (QED) is 0.0262. The third-order valence-corrected chi connectivity index (χ3v) is 11.5. The normalized spacial score (nSPS) is 12.5. The monoisotopic (exact) mass is 881 g/mol. The number of hydrogen-bond donors (Lipinski definition) is 0. The van der Waals surface area contributed by atoms with Gasteiger partial charge in [-0.1, -0.05) is 236 Å². The summed E-state index contributed by atoms with van der Waals surface area (Å²) in [6.45, 7) is 6.54. The molecule has 0 saturated carbocycles. The molecule has 0 aliphatic carbocycles. The number of hydrogen-bond acceptors (Lipinski definition) is 6. The summed E-state index contributed by atoms with van der Waals surface area (Å²) in [4.78, 5) is 37.9. The van der Waals surface area contributed by atoms with E-state index in [0.29, 0.717) is 19.3 Å². The second kappa shape index (κ2) is 51.7. The molecule has 1 atom stereocenters. The zero-order valence-corrected chi connectivity index (χ0v) is 41.6. The lowest BCUT2D eigenvalue weighted by atomic mass is 10.0. The maximum atomic E-state index is 12.8. The summed E-state index contributed by atoms with van der Waals surface area (Å²) in [5, 5.41) is 0. The van der Waals surface area contributed by atoms with Crippen LogP contribution < -0.4 is 0 Å². The summed E-state index contributed by atoms with van der Waals surface area (Å²) < 4.78 is 16.7. The first kappa shape index (κ1) is 60.1. The van der Waals surface area contributed by atoms with E-state index in [9.17, 15) is 14.4 Å². The molecule has 0 aromatic carbocycles. The van der Waals surface area contributed by atoms with Gasteiger partial charge in [0.1, 0.15) is 13.2 Å². The fraction of sp³-hybridized carbons (Fsp3) is 0.772. The van der Waals surface area contributed by atoms with Gasteiger partial charge in [-0.05, 0) is 70.6 Å². The second-order valence-corrected chi connectivity index (χ2v) is 17.8. The van der Waals surface area contributed by atoms with E-state index < -0.39 is 6.10 Å². The predicted octanol–water partition coefficient (Wildman–Crippen LogP) is 17.6. The lowest BCUT2D eigenvalue weighted by Crippen LogP contribution is -2.30. The highest BCUT2D eigenvalue weighted by molar-refractivity contribution is 5.71. The van der Waals surface area contributed by atoms with Gasteiger partial charge in [-0.3, -0.25) is 14.4 Å². The van der Waals surface area contributed by atoms with Gasteiger partial charge >= 0.3 is 17.9 Å². The third kappa shape index (κ3) is 50.0. The minimum Gasteiger partial charge on any atom is -0.462 e. The number of esters is 3. The Morgan fingerprint density at radius 1 is 0.317 bits per heavy atom. The smallest absolute Gasteiger partial charge is 0.306 e. The minimum atomic E-state index is -0.814. The molecule has 0 aliphatic rings. The van der Waals surface area contributed by atoms with Crippen molar-refractivity contribution < 1.29 is 28.6 Å². The summed E-state index contributed by atoms with van der Waals surface area (Å²) in [6, 6.07) is 0. The predicted molar refractivity (Wildman–Crippen MR) is 270 cm³/mol. The average Bonchev–Trinajstić information content (AvgIpc) is 3.28. The maximum absolute atomic E-state index is 12.8. The van der Waals surface area contributed by atoms with Crippen molar-refractivity contribution in [2.75, 3.05) is 13.2 Å². The van der Waals surface area contributed by atoms with Gasteiger partial charge in [0.25, 0.3) is 0 Å². The van der Waals surface area contributed by atoms with E-state index >= 15 is 0 Å². The fourth-order valence-electron chi connectivity index (χ4n) is 7.45. The standard InChI is InChI=1S/C57H100O6/c1-4-7-10-13-16-19-22-25-27-28-30-32-35-38-41-44-47-50-56(59)62-53-54(52-61-55(58)49-46-43-40-37-34-31-24-21-18-15-12-9-6-3)63-57(60)51-48-45-42-39-36-33-29-26-23-20-17-14-11-8-5-2/h25,27,30-32,34,38,40-41,43,54H,4-24,26,28-29,33,35-37,39,42,44-53H2,1-3H3/b27-25-,32-30-,34-31-,41-38-,43-40-. The van der Waals surface area contributed by atoms with Gasteiger partial charge in [-0.2, -0.15) is 0 Å². The first-order valence-electron chi connectivity index (χ1n) is 26.8. The van der Waals surface area contributed by atoms with E-state index in [1.807, 2.05) is 6.08 Å². The molecule has 63 heavy (non-hydrogen) atoms. The highest BCUT2D eigenvalue weighted by Gasteiger charge is 2.19. The molecule has 6 heteroatoms. The number of carbonyl (C=O) groups excluding carboxylic acids is 3. The van der Waals surface area contributed by atoms with Gasteiger partial charge in [-0.25, -0.2) is 0 Å². The van der Waals surface area contributed by atoms with Crippen LogP contribution in [0.5, 0.6) is 0 Å². The second-order valence-electron chi connectivity index (χ2n) is 17.8. The van der Waals surface area contributed by atoms with Crippen LogP contribution in [-0.4, -0.2) is 37.2 Å². The lowest BCUT2D eigenvalue weighted by molar-refractivity contribution is -0.166. The topological polar surface area (TPSA) is 78.9 Å². The molecule has 0 N–H and O–H groups in total. The molecule has 0 fully saturated rings. The van der Waals surface area contributed by atoms with Crippen molar-refractivity contribution in [1.82, 2.24) is 0 Å². The van der Waals surface area contributed by atoms with E-state index in [1.54, 1.807) is 0 Å². The minimum absolute atomic E-state index is 0.115. The van der Waals surface area contributed by atoms with Gasteiger partial charge in [0.05, 0.1) is 0 Å². The van der Waals surface area contributed by atoms with E-state index in [1.165, 1.54) is 161 Å². The molecule has 0 heterocycles. The first-order valence-corrected chi connectivity index (χ1v) is 26.8. The van der Waals surface area contributed by atoms with Crippen LogP contribution in [0.3, 0.4) is 0 Å². The summed E-state index contributed by atoms with van der Waals surface area (Å²) in [7, 11) is 0. The number of ether oxygens (including phenoxy) is 3. The highest BCUT2D eigenvalue weighted by atomic mass is 16.6. The average molecular weight is 881 g/mol. The van der Waals surface area contributed by atoms with Crippen LogP contribution in [0.25, 0.3) is 0 Å². The molecule has 0 aliphatic heterocycles. The first-order chi connectivity index (χ1) is 31.0. The summed E-state index contributed by atoms with van der Waals surface area (Å²) in [5.74, 6) is -1.02. The molecular formula is C57H100O6. The van der Waals surface area contributed by atoms with Gasteiger partial charge in [0.15, 0.2) is 6.10 Å².